The van der Waals surface area contributed by atoms with Crippen molar-refractivity contribution in [2.45, 2.75) is 45.6 Å². The van der Waals surface area contributed by atoms with Crippen LogP contribution in [-0.2, 0) is 13.0 Å². The third-order valence-corrected chi connectivity index (χ3v) is 6.43. The van der Waals surface area contributed by atoms with Gasteiger partial charge in [-0.15, -0.1) is 11.3 Å². The molecule has 2 heterocycles. The highest BCUT2D eigenvalue weighted by atomic mass is 32.1. The zero-order valence-electron chi connectivity index (χ0n) is 16.3. The van der Waals surface area contributed by atoms with Crippen LogP contribution >= 0.6 is 23.6 Å². The maximum Gasteiger partial charge on any atom is 0.173 e. The number of hydrogen-bond acceptors (Lipinski definition) is 3. The van der Waals surface area contributed by atoms with Gasteiger partial charge in [-0.05, 0) is 80.6 Å². The van der Waals surface area contributed by atoms with E-state index < -0.39 is 0 Å². The fourth-order valence-corrected chi connectivity index (χ4v) is 4.64. The van der Waals surface area contributed by atoms with Gasteiger partial charge in [0.1, 0.15) is 0 Å². The number of thiophene rings is 1. The summed E-state index contributed by atoms with van der Waals surface area (Å²) in [7, 11) is 0. The summed E-state index contributed by atoms with van der Waals surface area (Å²) in [5, 5.41) is 6.49. The van der Waals surface area contributed by atoms with E-state index in [1.54, 1.807) is 11.3 Å². The molecule has 1 aliphatic rings. The lowest BCUT2D eigenvalue weighted by molar-refractivity contribution is 0.218. The average molecular weight is 402 g/mol. The molecule has 0 aliphatic carbocycles. The summed E-state index contributed by atoms with van der Waals surface area (Å²) < 4.78 is 0. The second-order valence-corrected chi connectivity index (χ2v) is 8.62. The van der Waals surface area contributed by atoms with E-state index in [0.717, 1.165) is 36.7 Å². The molecule has 1 aromatic carbocycles. The number of rotatable bonds is 8. The Balaban J connectivity index is 1.60. The van der Waals surface area contributed by atoms with Crippen molar-refractivity contribution >= 4 is 34.4 Å². The molecule has 1 aromatic heterocycles. The Morgan fingerprint density at radius 1 is 1.15 bits per heavy atom. The van der Waals surface area contributed by atoms with Gasteiger partial charge in [-0.3, -0.25) is 0 Å². The van der Waals surface area contributed by atoms with E-state index in [9.17, 15) is 0 Å². The molecular weight excluding hydrogens is 370 g/mol. The summed E-state index contributed by atoms with van der Waals surface area (Å²) in [5.74, 6) is 0. The molecule has 0 spiro atoms. The molecule has 1 saturated heterocycles. The molecule has 5 heteroatoms. The molecule has 0 bridgehead atoms. The predicted molar refractivity (Wildman–Crippen MR) is 122 cm³/mol. The minimum Gasteiger partial charge on any atom is -0.344 e. The van der Waals surface area contributed by atoms with Crippen LogP contribution in [0.2, 0.25) is 0 Å². The average Bonchev–Trinajstić information content (AvgIpc) is 3.21. The number of anilines is 1. The minimum atomic E-state index is 0.836. The van der Waals surface area contributed by atoms with Gasteiger partial charge in [0.2, 0.25) is 0 Å². The molecule has 3 nitrogen and oxygen atoms in total. The number of hydrogen-bond donors (Lipinski definition) is 1. The quantitative estimate of drug-likeness (QED) is 0.598. The van der Waals surface area contributed by atoms with Gasteiger partial charge in [0.25, 0.3) is 0 Å². The van der Waals surface area contributed by atoms with Crippen LogP contribution in [0.15, 0.2) is 41.8 Å². The van der Waals surface area contributed by atoms with E-state index in [1.807, 2.05) is 0 Å². The van der Waals surface area contributed by atoms with Crippen molar-refractivity contribution in [1.29, 1.82) is 0 Å². The number of benzene rings is 1. The van der Waals surface area contributed by atoms with Crippen molar-refractivity contribution < 1.29 is 0 Å². The predicted octanol–water partition coefficient (Wildman–Crippen LogP) is 5.39. The number of nitrogens with zero attached hydrogens (tertiary/aromatic N) is 2. The zero-order valence-corrected chi connectivity index (χ0v) is 18.0. The SMILES string of the molecule is CCc1ccccc1NC(=S)N(CCCN1CCCCC1)Cc1cccs1. The highest BCUT2D eigenvalue weighted by molar-refractivity contribution is 7.80. The van der Waals surface area contributed by atoms with Gasteiger partial charge in [0.05, 0.1) is 6.54 Å². The molecule has 0 unspecified atom stereocenters. The van der Waals surface area contributed by atoms with Crippen LogP contribution in [0, 0.1) is 0 Å². The first-order valence-corrected chi connectivity index (χ1v) is 11.4. The number of likely N-dealkylation sites (tertiary alicyclic amines) is 1. The van der Waals surface area contributed by atoms with Crippen LogP contribution in [0.25, 0.3) is 0 Å². The molecule has 1 fully saturated rings. The van der Waals surface area contributed by atoms with Crippen molar-refractivity contribution in [3.8, 4) is 0 Å². The lowest BCUT2D eigenvalue weighted by atomic mass is 10.1. The lowest BCUT2D eigenvalue weighted by Gasteiger charge is -2.29. The highest BCUT2D eigenvalue weighted by Crippen LogP contribution is 2.18. The topological polar surface area (TPSA) is 18.5 Å². The van der Waals surface area contributed by atoms with Crippen molar-refractivity contribution in [2.24, 2.45) is 0 Å². The second-order valence-electron chi connectivity index (χ2n) is 7.20. The molecule has 1 N–H and O–H groups in total. The molecule has 0 atom stereocenters. The largest absolute Gasteiger partial charge is 0.344 e. The van der Waals surface area contributed by atoms with Crippen molar-refractivity contribution in [1.82, 2.24) is 9.80 Å². The number of aryl methyl sites for hydroxylation is 1. The van der Waals surface area contributed by atoms with Crippen LogP contribution in [0.3, 0.4) is 0 Å². The summed E-state index contributed by atoms with van der Waals surface area (Å²) in [5.41, 5.74) is 2.45. The summed E-state index contributed by atoms with van der Waals surface area (Å²) in [6, 6.07) is 12.8. The molecule has 2 aromatic rings. The Morgan fingerprint density at radius 3 is 2.70 bits per heavy atom. The van der Waals surface area contributed by atoms with Crippen LogP contribution in [0.5, 0.6) is 0 Å². The van der Waals surface area contributed by atoms with Gasteiger partial charge in [-0.1, -0.05) is 37.6 Å². The van der Waals surface area contributed by atoms with Gasteiger partial charge < -0.3 is 15.1 Å². The lowest BCUT2D eigenvalue weighted by Crippen LogP contribution is -2.37. The van der Waals surface area contributed by atoms with E-state index in [1.165, 1.54) is 49.3 Å². The van der Waals surface area contributed by atoms with Gasteiger partial charge in [0.15, 0.2) is 5.11 Å². The van der Waals surface area contributed by atoms with Crippen LogP contribution in [0.1, 0.15) is 43.0 Å². The summed E-state index contributed by atoms with van der Waals surface area (Å²) in [6.45, 7) is 7.77. The number of piperidine rings is 1. The molecule has 146 valence electrons. The van der Waals surface area contributed by atoms with E-state index in [0.29, 0.717) is 0 Å². The molecule has 1 aliphatic heterocycles. The number of para-hydroxylation sites is 1. The van der Waals surface area contributed by atoms with Crippen molar-refractivity contribution in [3.63, 3.8) is 0 Å². The van der Waals surface area contributed by atoms with E-state index in [4.69, 9.17) is 12.2 Å². The molecular formula is C22H31N3S2. The number of nitrogens with one attached hydrogen (secondary N) is 1. The molecule has 0 saturated carbocycles. The van der Waals surface area contributed by atoms with E-state index in [2.05, 4.69) is 63.8 Å². The van der Waals surface area contributed by atoms with Gasteiger partial charge in [-0.25, -0.2) is 0 Å². The van der Waals surface area contributed by atoms with Crippen LogP contribution in [0.4, 0.5) is 5.69 Å². The maximum atomic E-state index is 5.81. The Morgan fingerprint density at radius 2 is 1.96 bits per heavy atom. The fraction of sp³-hybridized carbons (Fsp3) is 0.500. The summed E-state index contributed by atoms with van der Waals surface area (Å²) >= 11 is 7.62. The molecule has 0 radical (unpaired) electrons. The number of thiocarbonyl (C=S) groups is 1. The van der Waals surface area contributed by atoms with Crippen LogP contribution < -0.4 is 5.32 Å². The zero-order chi connectivity index (χ0) is 18.9. The Hall–Kier alpha value is -1.43. The highest BCUT2D eigenvalue weighted by Gasteiger charge is 2.14. The molecule has 3 rings (SSSR count). The normalized spacial score (nSPS) is 14.9. The van der Waals surface area contributed by atoms with Gasteiger partial charge in [-0.2, -0.15) is 0 Å². The summed E-state index contributed by atoms with van der Waals surface area (Å²) in [4.78, 5) is 6.30. The molecule has 27 heavy (non-hydrogen) atoms. The maximum absolute atomic E-state index is 5.81. The van der Waals surface area contributed by atoms with E-state index >= 15 is 0 Å². The van der Waals surface area contributed by atoms with Gasteiger partial charge >= 0.3 is 0 Å². The first kappa shape index (κ1) is 20.3. The Kier molecular flexibility index (Phi) is 8.11. The first-order chi connectivity index (χ1) is 13.3. The summed E-state index contributed by atoms with van der Waals surface area (Å²) in [6.07, 6.45) is 6.26. The second kappa shape index (κ2) is 10.8. The third-order valence-electron chi connectivity index (χ3n) is 5.20. The Bertz CT molecular complexity index is 693. The standard InChI is InChI=1S/C22H31N3S2/c1-2-19-10-4-5-12-21(19)23-22(26)25(18-20-11-8-17-27-20)16-9-15-24-13-6-3-7-14-24/h4-5,8,10-12,17H,2-3,6-7,9,13-16,18H2,1H3,(H,23,26). The first-order valence-electron chi connectivity index (χ1n) is 10.1. The van der Waals surface area contributed by atoms with Gasteiger partial charge in [0, 0.05) is 17.1 Å². The molecule has 0 amide bonds. The van der Waals surface area contributed by atoms with Crippen molar-refractivity contribution in [3.05, 3.63) is 52.2 Å². The minimum absolute atomic E-state index is 0.836. The van der Waals surface area contributed by atoms with Crippen LogP contribution in [-0.4, -0.2) is 41.1 Å². The third kappa shape index (κ3) is 6.30. The fourth-order valence-electron chi connectivity index (χ4n) is 3.66. The monoisotopic (exact) mass is 401 g/mol. The Labute approximate surface area is 173 Å². The smallest absolute Gasteiger partial charge is 0.173 e. The van der Waals surface area contributed by atoms with E-state index in [-0.39, 0.29) is 0 Å². The van der Waals surface area contributed by atoms with Crippen molar-refractivity contribution in [2.75, 3.05) is 31.5 Å².